The third-order valence-corrected chi connectivity index (χ3v) is 7.12. The van der Waals surface area contributed by atoms with Gasteiger partial charge in [0.25, 0.3) is 0 Å². The van der Waals surface area contributed by atoms with Crippen LogP contribution in [0.3, 0.4) is 0 Å². The Labute approximate surface area is 186 Å². The van der Waals surface area contributed by atoms with Gasteiger partial charge in [-0.25, -0.2) is 13.1 Å². The summed E-state index contributed by atoms with van der Waals surface area (Å²) in [5.41, 5.74) is 1.72. The number of nitrogens with zero attached hydrogens (tertiary/aromatic N) is 1. The molecular weight excluding hydrogens is 447 g/mol. The minimum Gasteiger partial charge on any atom is -0.372 e. The molecule has 1 aliphatic heterocycles. The predicted molar refractivity (Wildman–Crippen MR) is 116 cm³/mol. The van der Waals surface area contributed by atoms with Crippen LogP contribution in [-0.2, 0) is 19.6 Å². The average Bonchev–Trinajstić information content (AvgIpc) is 2.66. The number of sulfonamides is 1. The molecule has 0 aromatic heterocycles. The van der Waals surface area contributed by atoms with Crippen LogP contribution in [0.4, 0.5) is 24.5 Å². The first-order valence-corrected chi connectivity index (χ1v) is 12.4. The molecule has 0 bridgehead atoms. The van der Waals surface area contributed by atoms with Gasteiger partial charge in [0.15, 0.2) is 5.75 Å². The molecule has 2 N–H and O–H groups in total. The van der Waals surface area contributed by atoms with Gasteiger partial charge in [-0.3, -0.25) is 4.79 Å². The molecule has 0 unspecified atom stereocenters. The Morgan fingerprint density at radius 3 is 2.16 bits per heavy atom. The maximum absolute atomic E-state index is 12.6. The minimum atomic E-state index is -4.78. The number of amides is 1. The summed E-state index contributed by atoms with van der Waals surface area (Å²) in [4.78, 5) is 14.8. The average molecular weight is 478 g/mol. The molecule has 3 rings (SSSR count). The van der Waals surface area contributed by atoms with Crippen molar-refractivity contribution >= 4 is 27.3 Å². The van der Waals surface area contributed by atoms with Gasteiger partial charge in [0.1, 0.15) is 0 Å². The zero-order chi connectivity index (χ0) is 23.5. The van der Waals surface area contributed by atoms with Crippen LogP contribution in [0.15, 0.2) is 24.3 Å². The second-order valence-electron chi connectivity index (χ2n) is 8.74. The fraction of sp³-hybridized carbons (Fsp3) is 0.667. The minimum absolute atomic E-state index is 0.145. The molecule has 11 heteroatoms. The van der Waals surface area contributed by atoms with Crippen molar-refractivity contribution < 1.29 is 31.1 Å². The van der Waals surface area contributed by atoms with Crippen molar-refractivity contribution in [1.29, 1.82) is 0 Å². The number of hydrogen-bond acceptors (Lipinski definition) is 5. The highest BCUT2D eigenvalue weighted by Crippen LogP contribution is 2.28. The van der Waals surface area contributed by atoms with Crippen molar-refractivity contribution in [2.45, 2.75) is 64.0 Å². The zero-order valence-corrected chi connectivity index (χ0v) is 19.0. The van der Waals surface area contributed by atoms with Crippen molar-refractivity contribution in [1.82, 2.24) is 4.72 Å². The molecule has 1 amide bonds. The number of morpholine rings is 1. The van der Waals surface area contributed by atoms with Crippen molar-refractivity contribution in [2.75, 3.05) is 29.1 Å². The van der Waals surface area contributed by atoms with Crippen LogP contribution in [-0.4, -0.2) is 57.6 Å². The summed E-state index contributed by atoms with van der Waals surface area (Å²) in [6.45, 7) is 5.67. The van der Waals surface area contributed by atoms with E-state index in [1.807, 2.05) is 38.1 Å². The van der Waals surface area contributed by atoms with Crippen LogP contribution >= 0.6 is 0 Å². The number of nitrogens with one attached hydrogen (secondary N) is 2. The Morgan fingerprint density at radius 1 is 1.06 bits per heavy atom. The molecular formula is C21H30F3N3O4S. The highest BCUT2D eigenvalue weighted by Gasteiger charge is 2.37. The Hall–Kier alpha value is -1.85. The summed E-state index contributed by atoms with van der Waals surface area (Å²) in [5, 5.41) is 2.88. The number of alkyl halides is 3. The van der Waals surface area contributed by atoms with Gasteiger partial charge in [-0.2, -0.15) is 13.2 Å². The fourth-order valence-electron chi connectivity index (χ4n) is 4.37. The molecule has 1 saturated heterocycles. The van der Waals surface area contributed by atoms with Crippen LogP contribution in [0.1, 0.15) is 39.5 Å². The molecule has 1 saturated carbocycles. The van der Waals surface area contributed by atoms with Crippen LogP contribution in [0, 0.1) is 5.92 Å². The Morgan fingerprint density at radius 2 is 1.62 bits per heavy atom. The quantitative estimate of drug-likeness (QED) is 0.657. The monoisotopic (exact) mass is 477 g/mol. The van der Waals surface area contributed by atoms with Gasteiger partial charge in [-0.1, -0.05) is 0 Å². The molecule has 7 nitrogen and oxygen atoms in total. The first kappa shape index (κ1) is 24.8. The number of ether oxygens (including phenoxy) is 1. The van der Waals surface area contributed by atoms with Gasteiger partial charge < -0.3 is 15.0 Å². The van der Waals surface area contributed by atoms with Gasteiger partial charge in [0, 0.05) is 36.4 Å². The summed E-state index contributed by atoms with van der Waals surface area (Å²) in [5.74, 6) is -2.36. The first-order valence-electron chi connectivity index (χ1n) is 10.8. The number of anilines is 2. The summed E-state index contributed by atoms with van der Waals surface area (Å²) in [6, 6.07) is 7.01. The van der Waals surface area contributed by atoms with E-state index in [1.165, 1.54) is 0 Å². The Bertz CT molecular complexity index is 875. The topological polar surface area (TPSA) is 87.7 Å². The predicted octanol–water partition coefficient (Wildman–Crippen LogP) is 3.28. The van der Waals surface area contributed by atoms with E-state index in [0.717, 1.165) is 18.8 Å². The van der Waals surface area contributed by atoms with E-state index in [1.54, 1.807) is 0 Å². The van der Waals surface area contributed by atoms with E-state index >= 15 is 0 Å². The first-order chi connectivity index (χ1) is 14.9. The lowest BCUT2D eigenvalue weighted by Gasteiger charge is -2.36. The number of carbonyl (C=O) groups excluding carboxylic acids is 1. The smallest absolute Gasteiger partial charge is 0.372 e. The lowest BCUT2D eigenvalue weighted by Crippen LogP contribution is -2.45. The highest BCUT2D eigenvalue weighted by molar-refractivity contribution is 7.89. The second kappa shape index (κ2) is 9.96. The van der Waals surface area contributed by atoms with E-state index in [9.17, 15) is 26.4 Å². The van der Waals surface area contributed by atoms with Crippen LogP contribution in [0.2, 0.25) is 0 Å². The van der Waals surface area contributed by atoms with Crippen molar-refractivity contribution in [3.05, 3.63) is 24.3 Å². The molecule has 0 radical (unpaired) electrons. The highest BCUT2D eigenvalue weighted by atomic mass is 32.2. The molecule has 32 heavy (non-hydrogen) atoms. The van der Waals surface area contributed by atoms with Crippen molar-refractivity contribution in [3.8, 4) is 0 Å². The summed E-state index contributed by atoms with van der Waals surface area (Å²) < 4.78 is 68.2. The summed E-state index contributed by atoms with van der Waals surface area (Å²) >= 11 is 0. The van der Waals surface area contributed by atoms with E-state index in [0.29, 0.717) is 31.4 Å². The van der Waals surface area contributed by atoms with E-state index in [4.69, 9.17) is 4.74 Å². The van der Waals surface area contributed by atoms with E-state index < -0.39 is 28.0 Å². The van der Waals surface area contributed by atoms with Gasteiger partial charge in [0.05, 0.1) is 12.2 Å². The third kappa shape index (κ3) is 7.35. The van der Waals surface area contributed by atoms with Crippen LogP contribution < -0.4 is 14.9 Å². The standard InChI is InChI=1S/C21H30F3N3O4S/c1-14-11-27(12-15(2)31-14)19-9-7-17(8-10-19)25-20(28)16-3-5-18(6-4-16)26-32(29,30)13-21(22,23)24/h7-10,14-16,18,26H,3-6,11-13H2,1-2H3,(H,25,28)/t14-,15+,16?,18?. The van der Waals surface area contributed by atoms with E-state index in [2.05, 4.69) is 14.9 Å². The largest absolute Gasteiger partial charge is 0.404 e. The maximum Gasteiger partial charge on any atom is 0.404 e. The van der Waals surface area contributed by atoms with Gasteiger partial charge in [0.2, 0.25) is 15.9 Å². The normalized spacial score (nSPS) is 27.2. The molecule has 0 spiro atoms. The number of carbonyl (C=O) groups is 1. The Balaban J connectivity index is 1.48. The maximum atomic E-state index is 12.6. The van der Waals surface area contributed by atoms with Crippen LogP contribution in [0.5, 0.6) is 0 Å². The van der Waals surface area contributed by atoms with Crippen molar-refractivity contribution in [2.24, 2.45) is 5.92 Å². The summed E-state index contributed by atoms with van der Waals surface area (Å²) in [6.07, 6.45) is -3.03. The fourth-order valence-corrected chi connectivity index (χ4v) is 5.63. The zero-order valence-electron chi connectivity index (χ0n) is 18.2. The van der Waals surface area contributed by atoms with Gasteiger partial charge >= 0.3 is 6.18 Å². The summed E-state index contributed by atoms with van der Waals surface area (Å²) in [7, 11) is -4.43. The SMILES string of the molecule is C[C@@H]1CN(c2ccc(NC(=O)C3CCC(NS(=O)(=O)CC(F)(F)F)CC3)cc2)C[C@H](C)O1. The van der Waals surface area contributed by atoms with Gasteiger partial charge in [-0.05, 0) is 63.8 Å². The lowest BCUT2D eigenvalue weighted by atomic mass is 9.86. The number of benzene rings is 1. The lowest BCUT2D eigenvalue weighted by molar-refractivity contribution is -0.120. The van der Waals surface area contributed by atoms with Crippen molar-refractivity contribution in [3.63, 3.8) is 0 Å². The molecule has 1 aromatic carbocycles. The molecule has 2 aliphatic rings. The number of halogens is 3. The molecule has 2 fully saturated rings. The van der Waals surface area contributed by atoms with Crippen LogP contribution in [0.25, 0.3) is 0 Å². The van der Waals surface area contributed by atoms with E-state index in [-0.39, 0.29) is 24.0 Å². The molecule has 1 aromatic rings. The molecule has 1 heterocycles. The molecule has 1 aliphatic carbocycles. The van der Waals surface area contributed by atoms with Gasteiger partial charge in [-0.15, -0.1) is 0 Å². The second-order valence-corrected chi connectivity index (χ2v) is 10.5. The third-order valence-electron chi connectivity index (χ3n) is 5.72. The number of hydrogen-bond donors (Lipinski definition) is 2. The Kier molecular flexibility index (Phi) is 7.72. The molecule has 180 valence electrons. The molecule has 2 atom stereocenters. The number of rotatable bonds is 6.